The van der Waals surface area contributed by atoms with Crippen molar-refractivity contribution < 1.29 is 23.9 Å². The van der Waals surface area contributed by atoms with Gasteiger partial charge in [-0.05, 0) is 48.8 Å². The number of carbonyl (C=O) groups excluding carboxylic acids is 3. The fraction of sp³-hybridized carbons (Fsp3) is 0.571. The smallest absolute Gasteiger partial charge is 0.326 e. The van der Waals surface area contributed by atoms with Crippen LogP contribution in [0.1, 0.15) is 45.6 Å². The van der Waals surface area contributed by atoms with Gasteiger partial charge in [-0.25, -0.2) is 4.79 Å². The minimum absolute atomic E-state index is 0.0136. The van der Waals surface area contributed by atoms with E-state index in [4.69, 9.17) is 9.47 Å². The molecule has 0 radical (unpaired) electrons. The molecule has 3 rings (SSSR count). The fourth-order valence-corrected chi connectivity index (χ4v) is 5.25. The average Bonchev–Trinajstić information content (AvgIpc) is 2.81. The Labute approximate surface area is 179 Å². The molecule has 1 N–H and O–H groups in total. The number of methoxy groups -OCH3 is 1. The lowest BCUT2D eigenvalue weighted by molar-refractivity contribution is -0.149. The van der Waals surface area contributed by atoms with E-state index < -0.39 is 24.1 Å². The fourth-order valence-electron chi connectivity index (χ4n) is 4.84. The van der Waals surface area contributed by atoms with Crippen molar-refractivity contribution in [1.29, 1.82) is 0 Å². The summed E-state index contributed by atoms with van der Waals surface area (Å²) in [5.74, 6) is -0.0814. The number of urea groups is 1. The lowest BCUT2D eigenvalue weighted by Crippen LogP contribution is -2.54. The number of benzene rings is 1. The van der Waals surface area contributed by atoms with Crippen molar-refractivity contribution in [3.05, 3.63) is 28.2 Å². The van der Waals surface area contributed by atoms with Gasteiger partial charge in [0.15, 0.2) is 0 Å². The van der Waals surface area contributed by atoms with E-state index in [2.05, 4.69) is 42.0 Å². The van der Waals surface area contributed by atoms with Crippen LogP contribution in [0.25, 0.3) is 0 Å². The molecule has 1 spiro atoms. The molecule has 1 heterocycles. The first kappa shape index (κ1) is 21.6. The summed E-state index contributed by atoms with van der Waals surface area (Å²) in [5.41, 5.74) is -0.299. The molecular formula is C21H27BrN2O5. The molecule has 1 aliphatic carbocycles. The molecule has 2 atom stereocenters. The molecule has 1 aromatic carbocycles. The monoisotopic (exact) mass is 466 g/mol. The van der Waals surface area contributed by atoms with Crippen LogP contribution in [0, 0.1) is 11.3 Å². The highest BCUT2D eigenvalue weighted by Gasteiger charge is 2.56. The Morgan fingerprint density at radius 3 is 2.69 bits per heavy atom. The lowest BCUT2D eigenvalue weighted by atomic mass is 9.64. The van der Waals surface area contributed by atoms with Gasteiger partial charge in [0, 0.05) is 10.0 Å². The van der Waals surface area contributed by atoms with E-state index in [9.17, 15) is 14.4 Å². The highest BCUT2D eigenvalue weighted by molar-refractivity contribution is 9.10. The molecule has 29 heavy (non-hydrogen) atoms. The van der Waals surface area contributed by atoms with Crippen molar-refractivity contribution in [1.82, 2.24) is 10.2 Å². The normalized spacial score (nSPS) is 25.8. The second kappa shape index (κ2) is 7.97. The van der Waals surface area contributed by atoms with Crippen LogP contribution in [-0.2, 0) is 20.9 Å². The minimum atomic E-state index is -0.925. The summed E-state index contributed by atoms with van der Waals surface area (Å²) in [4.78, 5) is 38.9. The summed E-state index contributed by atoms with van der Waals surface area (Å²) in [6, 6.07) is 4.85. The Kier molecular flexibility index (Phi) is 5.94. The van der Waals surface area contributed by atoms with E-state index in [1.54, 1.807) is 12.1 Å². The molecule has 1 saturated heterocycles. The zero-order valence-electron chi connectivity index (χ0n) is 17.2. The van der Waals surface area contributed by atoms with Crippen molar-refractivity contribution in [3.8, 4) is 5.75 Å². The van der Waals surface area contributed by atoms with Crippen molar-refractivity contribution >= 4 is 33.8 Å². The molecule has 1 aromatic rings. The number of halogens is 1. The maximum Gasteiger partial charge on any atom is 0.326 e. The van der Waals surface area contributed by atoms with Crippen LogP contribution < -0.4 is 10.1 Å². The number of amides is 3. The summed E-state index contributed by atoms with van der Waals surface area (Å²) < 4.78 is 11.4. The van der Waals surface area contributed by atoms with Crippen LogP contribution in [0.3, 0.4) is 0 Å². The van der Waals surface area contributed by atoms with Gasteiger partial charge >= 0.3 is 12.0 Å². The third-order valence-corrected chi connectivity index (χ3v) is 6.04. The standard InChI is InChI=1S/C21H27BrN2O5/c1-13-8-20(2,3)12-21(9-13)18(26)24(19(27)23-21)10-17(25)29-11-14-7-15(22)5-6-16(14)28-4/h5-7,13H,8-12H2,1-4H3,(H,23,27). The summed E-state index contributed by atoms with van der Waals surface area (Å²) in [5, 5.41) is 2.86. The lowest BCUT2D eigenvalue weighted by Gasteiger charge is -2.43. The second-order valence-electron chi connectivity index (χ2n) is 8.87. The molecule has 1 saturated carbocycles. The zero-order chi connectivity index (χ0) is 21.4. The molecule has 2 aliphatic rings. The first-order chi connectivity index (χ1) is 13.5. The molecule has 0 aromatic heterocycles. The molecule has 2 unspecified atom stereocenters. The van der Waals surface area contributed by atoms with Crippen molar-refractivity contribution in [3.63, 3.8) is 0 Å². The van der Waals surface area contributed by atoms with Gasteiger partial charge in [0.25, 0.3) is 5.91 Å². The first-order valence-corrected chi connectivity index (χ1v) is 10.5. The molecular weight excluding hydrogens is 440 g/mol. The number of esters is 1. The Hall–Kier alpha value is -2.09. The number of hydrogen-bond donors (Lipinski definition) is 1. The molecule has 7 nitrogen and oxygen atoms in total. The molecule has 158 valence electrons. The van der Waals surface area contributed by atoms with Gasteiger partial charge in [0.1, 0.15) is 24.4 Å². The topological polar surface area (TPSA) is 84.9 Å². The predicted molar refractivity (Wildman–Crippen MR) is 110 cm³/mol. The summed E-state index contributed by atoms with van der Waals surface area (Å²) in [6.07, 6.45) is 2.14. The highest BCUT2D eigenvalue weighted by atomic mass is 79.9. The van der Waals surface area contributed by atoms with Gasteiger partial charge in [-0.1, -0.05) is 36.7 Å². The Morgan fingerprint density at radius 1 is 1.31 bits per heavy atom. The van der Waals surface area contributed by atoms with E-state index in [1.807, 2.05) is 6.07 Å². The van der Waals surface area contributed by atoms with Gasteiger partial charge in [-0.3, -0.25) is 14.5 Å². The number of carbonyl (C=O) groups is 3. The van der Waals surface area contributed by atoms with Crippen LogP contribution in [-0.4, -0.2) is 42.0 Å². The predicted octanol–water partition coefficient (Wildman–Crippen LogP) is 3.64. The van der Waals surface area contributed by atoms with Crippen LogP contribution in [0.2, 0.25) is 0 Å². The van der Waals surface area contributed by atoms with Gasteiger partial charge in [-0.2, -0.15) is 0 Å². The van der Waals surface area contributed by atoms with Gasteiger partial charge < -0.3 is 14.8 Å². The maximum absolute atomic E-state index is 13.1. The second-order valence-corrected chi connectivity index (χ2v) is 9.79. The molecule has 1 aliphatic heterocycles. The van der Waals surface area contributed by atoms with Crippen LogP contribution >= 0.6 is 15.9 Å². The Bertz CT molecular complexity index is 840. The SMILES string of the molecule is COc1ccc(Br)cc1COC(=O)CN1C(=O)NC2(CC(C)CC(C)(C)C2)C1=O. The van der Waals surface area contributed by atoms with E-state index in [-0.39, 0.29) is 17.9 Å². The summed E-state index contributed by atoms with van der Waals surface area (Å²) >= 11 is 3.37. The van der Waals surface area contributed by atoms with E-state index >= 15 is 0 Å². The number of ether oxygens (including phenoxy) is 2. The first-order valence-electron chi connectivity index (χ1n) is 9.67. The van der Waals surface area contributed by atoms with Crippen LogP contribution in [0.15, 0.2) is 22.7 Å². The highest BCUT2D eigenvalue weighted by Crippen LogP contribution is 2.46. The van der Waals surface area contributed by atoms with Gasteiger partial charge in [-0.15, -0.1) is 0 Å². The largest absolute Gasteiger partial charge is 0.496 e. The van der Waals surface area contributed by atoms with Crippen molar-refractivity contribution in [2.75, 3.05) is 13.7 Å². The Morgan fingerprint density at radius 2 is 2.03 bits per heavy atom. The van der Waals surface area contributed by atoms with E-state index in [1.165, 1.54) is 7.11 Å². The zero-order valence-corrected chi connectivity index (χ0v) is 18.8. The van der Waals surface area contributed by atoms with Gasteiger partial charge in [0.05, 0.1) is 7.11 Å². The number of rotatable bonds is 5. The molecule has 0 bridgehead atoms. The third kappa shape index (κ3) is 4.57. The maximum atomic E-state index is 13.1. The van der Waals surface area contributed by atoms with E-state index in [0.29, 0.717) is 30.1 Å². The Balaban J connectivity index is 1.66. The number of nitrogens with one attached hydrogen (secondary N) is 1. The van der Waals surface area contributed by atoms with Crippen LogP contribution in [0.5, 0.6) is 5.75 Å². The van der Waals surface area contributed by atoms with E-state index in [0.717, 1.165) is 15.8 Å². The van der Waals surface area contributed by atoms with Gasteiger partial charge in [0.2, 0.25) is 0 Å². The van der Waals surface area contributed by atoms with Crippen molar-refractivity contribution in [2.24, 2.45) is 11.3 Å². The molecule has 3 amide bonds. The average molecular weight is 467 g/mol. The number of imide groups is 1. The number of nitrogens with zero attached hydrogens (tertiary/aromatic N) is 1. The quantitative estimate of drug-likeness (QED) is 0.528. The van der Waals surface area contributed by atoms with Crippen LogP contribution in [0.4, 0.5) is 4.79 Å². The van der Waals surface area contributed by atoms with Crippen molar-refractivity contribution in [2.45, 2.75) is 52.2 Å². The third-order valence-electron chi connectivity index (χ3n) is 5.54. The molecule has 8 heteroatoms. The summed E-state index contributed by atoms with van der Waals surface area (Å²) in [7, 11) is 1.54. The minimum Gasteiger partial charge on any atom is -0.496 e. The number of hydrogen-bond acceptors (Lipinski definition) is 5. The summed E-state index contributed by atoms with van der Waals surface area (Å²) in [6.45, 7) is 5.88. The molecule has 2 fully saturated rings.